The number of nitrogens with one attached hydrogen (secondary N) is 1. The Balaban J connectivity index is 1.96. The zero-order valence-corrected chi connectivity index (χ0v) is 11.7. The standard InChI is InChI=1S/C12H17ClFN3O2/c1-7(2)19-10-3-4-17(6-8(10)14)12(18)9-5-11(13)16-15-9/h5,7-8,10H,3-4,6H2,1-2H3,(H,15,16)/t8-,10+/m1/s1. The van der Waals surface area contributed by atoms with Crippen molar-refractivity contribution in [2.24, 2.45) is 0 Å². The van der Waals surface area contributed by atoms with Crippen LogP contribution in [0.15, 0.2) is 6.07 Å². The molecular weight excluding hydrogens is 273 g/mol. The number of aromatic nitrogens is 2. The number of ether oxygens (including phenoxy) is 1. The lowest BCUT2D eigenvalue weighted by Crippen LogP contribution is -2.48. The van der Waals surface area contributed by atoms with Gasteiger partial charge in [-0.05, 0) is 20.3 Å². The molecule has 0 spiro atoms. The normalized spacial score (nSPS) is 23.9. The summed E-state index contributed by atoms with van der Waals surface area (Å²) in [4.78, 5) is 13.5. The predicted molar refractivity (Wildman–Crippen MR) is 69.0 cm³/mol. The van der Waals surface area contributed by atoms with E-state index in [9.17, 15) is 9.18 Å². The van der Waals surface area contributed by atoms with Crippen molar-refractivity contribution >= 4 is 17.5 Å². The van der Waals surface area contributed by atoms with Crippen LogP contribution in [0.1, 0.15) is 30.8 Å². The number of likely N-dealkylation sites (tertiary alicyclic amines) is 1. The number of amides is 1. The number of carbonyl (C=O) groups is 1. The maximum atomic E-state index is 14.0. The third kappa shape index (κ3) is 3.45. The van der Waals surface area contributed by atoms with Gasteiger partial charge >= 0.3 is 0 Å². The number of nitrogens with zero attached hydrogens (tertiary/aromatic N) is 2. The highest BCUT2D eigenvalue weighted by atomic mass is 35.5. The van der Waals surface area contributed by atoms with Crippen LogP contribution in [0.2, 0.25) is 5.15 Å². The van der Waals surface area contributed by atoms with Crippen molar-refractivity contribution in [2.75, 3.05) is 13.1 Å². The summed E-state index contributed by atoms with van der Waals surface area (Å²) in [6.45, 7) is 4.23. The molecule has 0 saturated carbocycles. The van der Waals surface area contributed by atoms with Gasteiger partial charge in [0.05, 0.1) is 18.8 Å². The van der Waals surface area contributed by atoms with Gasteiger partial charge in [0.1, 0.15) is 11.3 Å². The van der Waals surface area contributed by atoms with Gasteiger partial charge in [-0.15, -0.1) is 0 Å². The lowest BCUT2D eigenvalue weighted by Gasteiger charge is -2.35. The molecule has 2 heterocycles. The second-order valence-corrected chi connectivity index (χ2v) is 5.29. The van der Waals surface area contributed by atoms with E-state index in [1.807, 2.05) is 13.8 Å². The molecule has 106 valence electrons. The summed E-state index contributed by atoms with van der Waals surface area (Å²) in [6, 6.07) is 1.44. The topological polar surface area (TPSA) is 58.2 Å². The molecule has 5 nitrogen and oxygen atoms in total. The first-order valence-corrected chi connectivity index (χ1v) is 6.65. The SMILES string of the molecule is CC(C)O[C@H]1CCN(C(=O)c2cc(Cl)[nH]n2)C[C@H]1F. The second-order valence-electron chi connectivity index (χ2n) is 4.88. The molecule has 2 rings (SSSR count). The van der Waals surface area contributed by atoms with E-state index in [0.29, 0.717) is 13.0 Å². The molecule has 0 aromatic carbocycles. The molecule has 7 heteroatoms. The number of rotatable bonds is 3. The van der Waals surface area contributed by atoms with Crippen LogP contribution in [0.25, 0.3) is 0 Å². The van der Waals surface area contributed by atoms with Gasteiger partial charge < -0.3 is 9.64 Å². The van der Waals surface area contributed by atoms with Gasteiger partial charge in [0.25, 0.3) is 5.91 Å². The van der Waals surface area contributed by atoms with E-state index < -0.39 is 12.3 Å². The highest BCUT2D eigenvalue weighted by Gasteiger charge is 2.33. The minimum absolute atomic E-state index is 0.0179. The first kappa shape index (κ1) is 14.3. The van der Waals surface area contributed by atoms with E-state index in [1.54, 1.807) is 0 Å². The van der Waals surface area contributed by atoms with Gasteiger partial charge in [-0.2, -0.15) is 5.10 Å². The molecule has 19 heavy (non-hydrogen) atoms. The number of alkyl halides is 1. The van der Waals surface area contributed by atoms with E-state index >= 15 is 0 Å². The van der Waals surface area contributed by atoms with Gasteiger partial charge in [0.2, 0.25) is 0 Å². The number of carbonyl (C=O) groups excluding carboxylic acids is 1. The smallest absolute Gasteiger partial charge is 0.274 e. The summed E-state index contributed by atoms with van der Waals surface area (Å²) in [5.41, 5.74) is 0.209. The number of aromatic amines is 1. The van der Waals surface area contributed by atoms with Crippen molar-refractivity contribution < 1.29 is 13.9 Å². The van der Waals surface area contributed by atoms with Crippen LogP contribution in [0.4, 0.5) is 4.39 Å². The molecule has 1 amide bonds. The Morgan fingerprint density at radius 1 is 1.68 bits per heavy atom. The number of hydrogen-bond acceptors (Lipinski definition) is 3. The summed E-state index contributed by atoms with van der Waals surface area (Å²) < 4.78 is 19.5. The minimum Gasteiger partial charge on any atom is -0.372 e. The van der Waals surface area contributed by atoms with E-state index in [1.165, 1.54) is 11.0 Å². The highest BCUT2D eigenvalue weighted by molar-refractivity contribution is 6.29. The molecule has 0 radical (unpaired) electrons. The van der Waals surface area contributed by atoms with Crippen LogP contribution in [0.5, 0.6) is 0 Å². The first-order chi connectivity index (χ1) is 8.97. The Bertz CT molecular complexity index is 452. The van der Waals surface area contributed by atoms with Gasteiger partial charge in [-0.25, -0.2) is 4.39 Å². The third-order valence-corrected chi connectivity index (χ3v) is 3.18. The van der Waals surface area contributed by atoms with Gasteiger partial charge in [-0.3, -0.25) is 9.89 Å². The van der Waals surface area contributed by atoms with Crippen LogP contribution in [-0.4, -0.2) is 52.5 Å². The Hall–Kier alpha value is -1.14. The maximum absolute atomic E-state index is 14.0. The Labute approximate surface area is 116 Å². The summed E-state index contributed by atoms with van der Waals surface area (Å²) in [6.07, 6.45) is -1.14. The fourth-order valence-corrected chi connectivity index (χ4v) is 2.29. The third-order valence-electron chi connectivity index (χ3n) is 2.98. The lowest BCUT2D eigenvalue weighted by atomic mass is 10.1. The van der Waals surface area contributed by atoms with Crippen LogP contribution in [-0.2, 0) is 4.74 Å². The van der Waals surface area contributed by atoms with Crippen molar-refractivity contribution in [1.82, 2.24) is 15.1 Å². The predicted octanol–water partition coefficient (Wildman–Crippen LogP) is 2.04. The second kappa shape index (κ2) is 5.88. The molecule has 1 N–H and O–H groups in total. The summed E-state index contributed by atoms with van der Waals surface area (Å²) in [7, 11) is 0. The molecule has 2 atom stereocenters. The first-order valence-electron chi connectivity index (χ1n) is 6.27. The van der Waals surface area contributed by atoms with Gasteiger partial charge in [0.15, 0.2) is 5.69 Å². The zero-order valence-electron chi connectivity index (χ0n) is 10.9. The fourth-order valence-electron chi connectivity index (χ4n) is 2.14. The Morgan fingerprint density at radius 2 is 2.42 bits per heavy atom. The molecule has 1 aliphatic heterocycles. The monoisotopic (exact) mass is 289 g/mol. The molecule has 0 unspecified atom stereocenters. The molecule has 1 aromatic rings. The van der Waals surface area contributed by atoms with Gasteiger partial charge in [-0.1, -0.05) is 11.6 Å². The van der Waals surface area contributed by atoms with Crippen molar-refractivity contribution in [1.29, 1.82) is 0 Å². The van der Waals surface area contributed by atoms with Crippen molar-refractivity contribution in [3.63, 3.8) is 0 Å². The van der Waals surface area contributed by atoms with Crippen molar-refractivity contribution in [2.45, 2.75) is 38.6 Å². The van der Waals surface area contributed by atoms with E-state index in [4.69, 9.17) is 16.3 Å². The van der Waals surface area contributed by atoms with Crippen molar-refractivity contribution in [3.05, 3.63) is 16.9 Å². The van der Waals surface area contributed by atoms with E-state index in [0.717, 1.165) is 0 Å². The molecular formula is C12H17ClFN3O2. The quantitative estimate of drug-likeness (QED) is 0.926. The minimum atomic E-state index is -1.17. The highest BCUT2D eigenvalue weighted by Crippen LogP contribution is 2.20. The molecule has 1 saturated heterocycles. The largest absolute Gasteiger partial charge is 0.372 e. The van der Waals surface area contributed by atoms with Crippen LogP contribution in [0.3, 0.4) is 0 Å². The van der Waals surface area contributed by atoms with Crippen LogP contribution < -0.4 is 0 Å². The average molecular weight is 290 g/mol. The molecule has 1 aliphatic rings. The molecule has 0 bridgehead atoms. The summed E-state index contributed by atoms with van der Waals surface area (Å²) in [5, 5.41) is 6.56. The van der Waals surface area contributed by atoms with Crippen molar-refractivity contribution in [3.8, 4) is 0 Å². The lowest BCUT2D eigenvalue weighted by molar-refractivity contribution is -0.0666. The van der Waals surface area contributed by atoms with Gasteiger partial charge in [0, 0.05) is 12.6 Å². The molecule has 1 fully saturated rings. The number of hydrogen-bond donors (Lipinski definition) is 1. The van der Waals surface area contributed by atoms with Crippen LogP contribution >= 0.6 is 11.6 Å². The maximum Gasteiger partial charge on any atom is 0.274 e. The number of piperidine rings is 1. The fraction of sp³-hybridized carbons (Fsp3) is 0.667. The number of H-pyrrole nitrogens is 1. The average Bonchev–Trinajstić information content (AvgIpc) is 2.77. The zero-order chi connectivity index (χ0) is 14.0. The Kier molecular flexibility index (Phi) is 4.42. The summed E-state index contributed by atoms with van der Waals surface area (Å²) in [5.74, 6) is -0.311. The van der Waals surface area contributed by atoms with E-state index in [-0.39, 0.29) is 29.4 Å². The Morgan fingerprint density at radius 3 is 2.95 bits per heavy atom. The summed E-state index contributed by atoms with van der Waals surface area (Å²) >= 11 is 5.67. The van der Waals surface area contributed by atoms with Crippen LogP contribution in [0, 0.1) is 0 Å². The molecule has 1 aromatic heterocycles. The number of halogens is 2. The molecule has 0 aliphatic carbocycles. The van der Waals surface area contributed by atoms with E-state index in [2.05, 4.69) is 10.2 Å².